The van der Waals surface area contributed by atoms with Crippen LogP contribution < -0.4 is 10.2 Å². The van der Waals surface area contributed by atoms with E-state index >= 15 is 0 Å². The topological polar surface area (TPSA) is 73.6 Å². The first-order valence-electron chi connectivity index (χ1n) is 23.1. The summed E-state index contributed by atoms with van der Waals surface area (Å²) in [6.07, 6.45) is -0.437. The van der Waals surface area contributed by atoms with E-state index < -0.39 is 6.17 Å². The summed E-state index contributed by atoms with van der Waals surface area (Å²) in [5.41, 5.74) is 14.4. The highest BCUT2D eigenvalue weighted by Crippen LogP contribution is 2.53. The molecule has 0 saturated carbocycles. The number of fused-ring (bicyclic) bond motifs is 8. The second kappa shape index (κ2) is 15.3. The monoisotopic (exact) mass is 873 g/mol. The Morgan fingerprint density at radius 1 is 0.500 bits per heavy atom. The molecule has 7 heteroatoms. The fourth-order valence-electron chi connectivity index (χ4n) is 10.8. The minimum absolute atomic E-state index is 0.291. The van der Waals surface area contributed by atoms with Crippen molar-refractivity contribution in [1.29, 1.82) is 5.26 Å². The maximum Gasteiger partial charge on any atom is 0.159 e. The molecular formula is C61H43N7. The number of nitrogens with one attached hydrogen (secondary N) is 1. The van der Waals surface area contributed by atoms with Crippen molar-refractivity contribution in [1.82, 2.24) is 14.5 Å². The van der Waals surface area contributed by atoms with Gasteiger partial charge in [0.05, 0.1) is 50.4 Å². The van der Waals surface area contributed by atoms with Crippen LogP contribution in [0.2, 0.25) is 0 Å². The second-order valence-corrected chi connectivity index (χ2v) is 18.2. The Labute approximate surface area is 393 Å². The first kappa shape index (κ1) is 39.4. The standard InChI is InChI=1S/C61H43N7/c1-61(2)48-28-14-18-32-52(48)68(53-33-19-15-29-49(53)61)57-36-54(41(38-62)34-47(57)60-64-58(39-20-6-3-7-21-39)63-59(65-60)40-22-8-4-9-23-40)67-51-31-17-13-27-44(51)46-35-45-43-26-12-16-30-50(43)66(55(45)37-56(46)67)42-24-10-5-11-25-42/h3-37,58H,1-2H3,(H,63,64,65). The summed E-state index contributed by atoms with van der Waals surface area (Å²) in [6.45, 7) is 4.61. The lowest BCUT2D eigenvalue weighted by atomic mass is 9.73. The van der Waals surface area contributed by atoms with Gasteiger partial charge in [0.1, 0.15) is 18.1 Å². The van der Waals surface area contributed by atoms with E-state index in [0.717, 1.165) is 78.0 Å². The van der Waals surface area contributed by atoms with E-state index in [4.69, 9.17) is 9.98 Å². The van der Waals surface area contributed by atoms with Crippen LogP contribution in [0.25, 0.3) is 55.0 Å². The van der Waals surface area contributed by atoms with Gasteiger partial charge in [0.15, 0.2) is 5.84 Å². The van der Waals surface area contributed by atoms with Crippen LogP contribution in [0, 0.1) is 11.3 Å². The second-order valence-electron chi connectivity index (χ2n) is 18.2. The molecule has 2 aliphatic heterocycles. The van der Waals surface area contributed by atoms with Gasteiger partial charge in [-0.25, -0.2) is 9.98 Å². The Balaban J connectivity index is 1.14. The van der Waals surface area contributed by atoms with Gasteiger partial charge in [-0.2, -0.15) is 5.26 Å². The fraction of sp³-hybridized carbons (Fsp3) is 0.0656. The quantitative estimate of drug-likeness (QED) is 0.181. The molecule has 1 atom stereocenters. The molecule has 13 rings (SSSR count). The van der Waals surface area contributed by atoms with Crippen LogP contribution in [0.5, 0.6) is 0 Å². The molecule has 0 radical (unpaired) electrons. The van der Waals surface area contributed by atoms with Crippen LogP contribution in [-0.4, -0.2) is 20.8 Å². The van der Waals surface area contributed by atoms with Gasteiger partial charge >= 0.3 is 0 Å². The van der Waals surface area contributed by atoms with Crippen LogP contribution in [0.15, 0.2) is 222 Å². The van der Waals surface area contributed by atoms with Crippen molar-refractivity contribution in [3.8, 4) is 17.4 Å². The van der Waals surface area contributed by atoms with Gasteiger partial charge in [-0.15, -0.1) is 0 Å². The number of nitrogens with zero attached hydrogens (tertiary/aromatic N) is 6. The number of para-hydroxylation sites is 5. The van der Waals surface area contributed by atoms with Crippen LogP contribution in [0.3, 0.4) is 0 Å². The van der Waals surface area contributed by atoms with Crippen molar-refractivity contribution in [2.75, 3.05) is 4.90 Å². The lowest BCUT2D eigenvalue weighted by Gasteiger charge is -2.42. The summed E-state index contributed by atoms with van der Waals surface area (Å²) < 4.78 is 4.66. The van der Waals surface area contributed by atoms with Crippen molar-refractivity contribution >= 4 is 72.3 Å². The van der Waals surface area contributed by atoms with E-state index in [-0.39, 0.29) is 5.41 Å². The Kier molecular flexibility index (Phi) is 8.86. The molecule has 1 N–H and O–H groups in total. The van der Waals surface area contributed by atoms with Crippen LogP contribution in [0.1, 0.15) is 53.4 Å². The van der Waals surface area contributed by atoms with E-state index in [2.05, 4.69) is 197 Å². The van der Waals surface area contributed by atoms with Gasteiger partial charge < -0.3 is 19.4 Å². The summed E-state index contributed by atoms with van der Waals surface area (Å²) in [5, 5.41) is 19.9. The van der Waals surface area contributed by atoms with Gasteiger partial charge in [-0.05, 0) is 77.4 Å². The van der Waals surface area contributed by atoms with Gasteiger partial charge in [0, 0.05) is 43.8 Å². The number of aromatic nitrogens is 2. The number of hydrogen-bond acceptors (Lipinski definition) is 5. The van der Waals surface area contributed by atoms with Crippen LogP contribution in [-0.2, 0) is 5.41 Å². The molecule has 322 valence electrons. The SMILES string of the molecule is CC1(C)c2ccccc2N(c2cc(-n3c4ccccc4c4cc5c6ccccc6n(-c6ccccc6)c5cc43)c(C#N)cc2C2=NC(c3ccccc3)=NC(c3ccccc3)N2)c2ccccc21. The summed E-state index contributed by atoms with van der Waals surface area (Å²) in [4.78, 5) is 12.9. The third-order valence-corrected chi connectivity index (χ3v) is 14.0. The minimum atomic E-state index is -0.437. The zero-order valence-corrected chi connectivity index (χ0v) is 37.5. The zero-order chi connectivity index (χ0) is 45.5. The van der Waals surface area contributed by atoms with Crippen LogP contribution >= 0.6 is 0 Å². The Morgan fingerprint density at radius 3 is 1.69 bits per heavy atom. The summed E-state index contributed by atoms with van der Waals surface area (Å²) >= 11 is 0. The number of aliphatic imine (C=N–C) groups is 2. The molecule has 2 aliphatic rings. The Morgan fingerprint density at radius 2 is 1.04 bits per heavy atom. The van der Waals surface area contributed by atoms with Gasteiger partial charge in [0.2, 0.25) is 0 Å². The number of nitriles is 1. The highest BCUT2D eigenvalue weighted by atomic mass is 15.2. The molecule has 4 heterocycles. The van der Waals surface area contributed by atoms with Crippen molar-refractivity contribution in [2.45, 2.75) is 25.4 Å². The lowest BCUT2D eigenvalue weighted by molar-refractivity contribution is 0.632. The van der Waals surface area contributed by atoms with Crippen molar-refractivity contribution in [3.63, 3.8) is 0 Å². The highest BCUT2D eigenvalue weighted by molar-refractivity contribution is 6.20. The summed E-state index contributed by atoms with van der Waals surface area (Å²) in [5.74, 6) is 1.24. The molecule has 9 aromatic carbocycles. The predicted molar refractivity (Wildman–Crippen MR) is 278 cm³/mol. The molecule has 0 amide bonds. The molecule has 0 bridgehead atoms. The first-order valence-corrected chi connectivity index (χ1v) is 23.1. The smallest absolute Gasteiger partial charge is 0.159 e. The van der Waals surface area contributed by atoms with E-state index in [1.54, 1.807) is 0 Å². The number of hydrogen-bond donors (Lipinski definition) is 1. The predicted octanol–water partition coefficient (Wildman–Crippen LogP) is 14.4. The van der Waals surface area contributed by atoms with Crippen LogP contribution in [0.4, 0.5) is 17.1 Å². The van der Waals surface area contributed by atoms with Gasteiger partial charge in [-0.3, -0.25) is 0 Å². The average molecular weight is 874 g/mol. The molecule has 11 aromatic rings. The maximum absolute atomic E-state index is 11.5. The van der Waals surface area contributed by atoms with Crippen molar-refractivity contribution in [2.24, 2.45) is 9.98 Å². The molecule has 0 saturated heterocycles. The number of rotatable bonds is 6. The molecule has 0 fully saturated rings. The fourth-order valence-corrected chi connectivity index (χ4v) is 10.8. The summed E-state index contributed by atoms with van der Waals surface area (Å²) in [6, 6.07) is 77.2. The molecule has 68 heavy (non-hydrogen) atoms. The van der Waals surface area contributed by atoms with E-state index in [1.165, 1.54) is 21.9 Å². The lowest BCUT2D eigenvalue weighted by Crippen LogP contribution is -2.36. The van der Waals surface area contributed by atoms with Crippen molar-refractivity contribution in [3.05, 3.63) is 246 Å². The third kappa shape index (κ3) is 5.98. The van der Waals surface area contributed by atoms with Gasteiger partial charge in [-0.1, -0.05) is 166 Å². The number of anilines is 3. The zero-order valence-electron chi connectivity index (χ0n) is 37.5. The Hall–Kier alpha value is -8.99. The minimum Gasteiger partial charge on any atom is -0.344 e. The molecule has 7 nitrogen and oxygen atoms in total. The average Bonchev–Trinajstić information content (AvgIpc) is 3.90. The molecule has 0 aliphatic carbocycles. The number of amidine groups is 2. The van der Waals surface area contributed by atoms with E-state index in [0.29, 0.717) is 17.2 Å². The van der Waals surface area contributed by atoms with E-state index in [9.17, 15) is 5.26 Å². The Bertz CT molecular complexity index is 3880. The van der Waals surface area contributed by atoms with E-state index in [1.807, 2.05) is 54.6 Å². The third-order valence-electron chi connectivity index (χ3n) is 14.0. The molecule has 2 aromatic heterocycles. The largest absolute Gasteiger partial charge is 0.344 e. The molecular weight excluding hydrogens is 831 g/mol. The maximum atomic E-state index is 11.5. The number of benzene rings is 9. The summed E-state index contributed by atoms with van der Waals surface area (Å²) in [7, 11) is 0. The highest BCUT2D eigenvalue weighted by Gasteiger charge is 2.38. The first-order chi connectivity index (χ1) is 33.5. The van der Waals surface area contributed by atoms with Crippen molar-refractivity contribution < 1.29 is 0 Å². The molecule has 1 unspecified atom stereocenters. The molecule has 0 spiro atoms. The van der Waals surface area contributed by atoms with Gasteiger partial charge in [0.25, 0.3) is 0 Å². The normalized spacial score (nSPS) is 15.1.